The van der Waals surface area contributed by atoms with Crippen LogP contribution in [0.1, 0.15) is 37.4 Å². The lowest BCUT2D eigenvalue weighted by Gasteiger charge is -2.29. The number of hydrogen-bond donors (Lipinski definition) is 1. The minimum Gasteiger partial charge on any atom is -0.468 e. The molecule has 22 heavy (non-hydrogen) atoms. The molecule has 1 N–H and O–H groups in total. The van der Waals surface area contributed by atoms with Gasteiger partial charge in [-0.05, 0) is 18.9 Å². The number of aliphatic hydroxyl groups is 1. The first kappa shape index (κ1) is 16.8. The lowest BCUT2D eigenvalue weighted by atomic mass is 10.1. The minimum atomic E-state index is -1.12. The third-order valence-electron chi connectivity index (χ3n) is 4.13. The molecule has 1 unspecified atom stereocenters. The molecule has 1 atom stereocenters. The van der Waals surface area contributed by atoms with Crippen molar-refractivity contribution in [1.82, 2.24) is 4.90 Å². The fraction of sp³-hybridized carbons (Fsp3) is 0.562. The Morgan fingerprint density at radius 2 is 2.09 bits per heavy atom. The van der Waals surface area contributed by atoms with Crippen LogP contribution in [-0.4, -0.2) is 42.2 Å². The minimum absolute atomic E-state index is 0.0364. The highest BCUT2D eigenvalue weighted by atomic mass is 19.1. The monoisotopic (exact) mass is 313 g/mol. The van der Waals surface area contributed by atoms with Gasteiger partial charge in [-0.25, -0.2) is 8.78 Å². The van der Waals surface area contributed by atoms with Crippen LogP contribution in [0, 0.1) is 11.6 Å². The van der Waals surface area contributed by atoms with E-state index in [0.717, 1.165) is 37.8 Å². The molecule has 0 saturated heterocycles. The second-order valence-electron chi connectivity index (χ2n) is 5.63. The third-order valence-corrected chi connectivity index (χ3v) is 4.13. The molecular weight excluding hydrogens is 292 g/mol. The van der Waals surface area contributed by atoms with Crippen LogP contribution in [0.25, 0.3) is 0 Å². The first-order chi connectivity index (χ1) is 10.5. The number of methoxy groups -OCH3 is 1. The number of halogens is 2. The van der Waals surface area contributed by atoms with Gasteiger partial charge in [0.1, 0.15) is 11.6 Å². The van der Waals surface area contributed by atoms with E-state index in [0.29, 0.717) is 0 Å². The number of hydrogen-bond acceptors (Lipinski definition) is 4. The summed E-state index contributed by atoms with van der Waals surface area (Å²) in [5, 5.41) is 10.3. The van der Waals surface area contributed by atoms with E-state index in [-0.39, 0.29) is 24.7 Å². The highest BCUT2D eigenvalue weighted by Gasteiger charge is 2.27. The zero-order valence-corrected chi connectivity index (χ0v) is 12.6. The van der Waals surface area contributed by atoms with Crippen molar-refractivity contribution in [1.29, 1.82) is 0 Å². The average Bonchev–Trinajstić information content (AvgIpc) is 3.00. The van der Waals surface area contributed by atoms with Gasteiger partial charge >= 0.3 is 5.97 Å². The average molecular weight is 313 g/mol. The zero-order valence-electron chi connectivity index (χ0n) is 12.6. The number of ether oxygens (including phenoxy) is 1. The van der Waals surface area contributed by atoms with Crippen molar-refractivity contribution in [2.75, 3.05) is 20.2 Å². The molecule has 1 aliphatic carbocycles. The summed E-state index contributed by atoms with van der Waals surface area (Å²) in [5.74, 6) is -1.86. The smallest absolute Gasteiger partial charge is 0.319 e. The summed E-state index contributed by atoms with van der Waals surface area (Å²) in [7, 11) is 1.31. The Morgan fingerprint density at radius 1 is 1.41 bits per heavy atom. The van der Waals surface area contributed by atoms with Gasteiger partial charge in [0.25, 0.3) is 0 Å². The molecule has 0 radical (unpaired) electrons. The maximum Gasteiger partial charge on any atom is 0.319 e. The number of aliphatic hydroxyl groups excluding tert-OH is 1. The molecule has 1 aromatic carbocycles. The van der Waals surface area contributed by atoms with Crippen molar-refractivity contribution in [2.45, 2.75) is 37.8 Å². The molecule has 2 rings (SSSR count). The van der Waals surface area contributed by atoms with Gasteiger partial charge in [-0.1, -0.05) is 18.9 Å². The fourth-order valence-electron chi connectivity index (χ4n) is 2.93. The van der Waals surface area contributed by atoms with Crippen molar-refractivity contribution in [3.05, 3.63) is 35.4 Å². The Bertz CT molecular complexity index is 518. The molecule has 0 spiro atoms. The van der Waals surface area contributed by atoms with Gasteiger partial charge in [0.2, 0.25) is 0 Å². The summed E-state index contributed by atoms with van der Waals surface area (Å²) in [4.78, 5) is 13.4. The van der Waals surface area contributed by atoms with Gasteiger partial charge in [0.05, 0.1) is 19.8 Å². The van der Waals surface area contributed by atoms with Crippen molar-refractivity contribution < 1.29 is 23.4 Å². The summed E-state index contributed by atoms with van der Waals surface area (Å²) in [6, 6.07) is 3.28. The van der Waals surface area contributed by atoms with E-state index in [1.807, 2.05) is 4.90 Å². The fourth-order valence-corrected chi connectivity index (χ4v) is 2.93. The molecule has 6 heteroatoms. The molecule has 0 aromatic heterocycles. The largest absolute Gasteiger partial charge is 0.468 e. The number of nitrogens with zero attached hydrogens (tertiary/aromatic N) is 1. The Hall–Kier alpha value is -1.53. The van der Waals surface area contributed by atoms with Crippen LogP contribution in [0.3, 0.4) is 0 Å². The van der Waals surface area contributed by atoms with Crippen molar-refractivity contribution in [3.8, 4) is 0 Å². The highest BCUT2D eigenvalue weighted by molar-refractivity contribution is 5.71. The molecule has 1 fully saturated rings. The summed E-state index contributed by atoms with van der Waals surface area (Å²) in [6.45, 7) is 0.170. The van der Waals surface area contributed by atoms with Crippen molar-refractivity contribution in [2.24, 2.45) is 0 Å². The molecule has 1 aliphatic rings. The van der Waals surface area contributed by atoms with Gasteiger partial charge in [-0.3, -0.25) is 9.69 Å². The van der Waals surface area contributed by atoms with E-state index in [4.69, 9.17) is 0 Å². The Morgan fingerprint density at radius 3 is 2.68 bits per heavy atom. The van der Waals surface area contributed by atoms with E-state index in [2.05, 4.69) is 4.74 Å². The first-order valence-electron chi connectivity index (χ1n) is 7.45. The quantitative estimate of drug-likeness (QED) is 0.820. The topological polar surface area (TPSA) is 49.8 Å². The maximum atomic E-state index is 13.7. The standard InChI is InChI=1S/C16H21F2NO3/c1-22-16(21)10-19(12-4-2-3-5-12)9-15(20)13-7-6-11(17)8-14(13)18/h6-8,12,15,20H,2-5,9-10H2,1H3. The lowest BCUT2D eigenvalue weighted by Crippen LogP contribution is -2.40. The third kappa shape index (κ3) is 4.24. The van der Waals surface area contributed by atoms with Crippen molar-refractivity contribution in [3.63, 3.8) is 0 Å². The lowest BCUT2D eigenvalue weighted by molar-refractivity contribution is -0.142. The van der Waals surface area contributed by atoms with Crippen LogP contribution in [0.15, 0.2) is 18.2 Å². The molecule has 0 bridgehead atoms. The molecule has 1 aromatic rings. The van der Waals surface area contributed by atoms with Crippen LogP contribution < -0.4 is 0 Å². The van der Waals surface area contributed by atoms with Gasteiger partial charge < -0.3 is 9.84 Å². The number of carbonyl (C=O) groups excluding carboxylic acids is 1. The summed E-state index contributed by atoms with van der Waals surface area (Å²) >= 11 is 0. The van der Waals surface area contributed by atoms with Crippen LogP contribution in [0.2, 0.25) is 0 Å². The Kier molecular flexibility index (Phi) is 5.85. The number of esters is 1. The van der Waals surface area contributed by atoms with Crippen molar-refractivity contribution >= 4 is 5.97 Å². The Balaban J connectivity index is 2.09. The van der Waals surface area contributed by atoms with Crippen LogP contribution >= 0.6 is 0 Å². The molecule has 0 heterocycles. The zero-order chi connectivity index (χ0) is 16.1. The van der Waals surface area contributed by atoms with Crippen LogP contribution in [-0.2, 0) is 9.53 Å². The molecule has 0 amide bonds. The first-order valence-corrected chi connectivity index (χ1v) is 7.45. The predicted octanol–water partition coefficient (Wildman–Crippen LogP) is 2.42. The number of rotatable bonds is 6. The second-order valence-corrected chi connectivity index (χ2v) is 5.63. The molecule has 1 saturated carbocycles. The summed E-state index contributed by atoms with van der Waals surface area (Å²) < 4.78 is 31.4. The SMILES string of the molecule is COC(=O)CN(CC(O)c1ccc(F)cc1F)C1CCCC1. The summed E-state index contributed by atoms with van der Waals surface area (Å²) in [6.07, 6.45) is 2.91. The molecule has 0 aliphatic heterocycles. The second kappa shape index (κ2) is 7.65. The summed E-state index contributed by atoms with van der Waals surface area (Å²) in [5.41, 5.74) is 0.0364. The molecule has 4 nitrogen and oxygen atoms in total. The number of benzene rings is 1. The molecular formula is C16H21F2NO3. The van der Waals surface area contributed by atoms with E-state index in [1.54, 1.807) is 0 Å². The van der Waals surface area contributed by atoms with E-state index in [1.165, 1.54) is 13.2 Å². The van der Waals surface area contributed by atoms with E-state index >= 15 is 0 Å². The van der Waals surface area contributed by atoms with Gasteiger partial charge in [-0.15, -0.1) is 0 Å². The van der Waals surface area contributed by atoms with Crippen LogP contribution in [0.4, 0.5) is 8.78 Å². The van der Waals surface area contributed by atoms with Gasteiger partial charge in [0, 0.05) is 24.2 Å². The Labute approximate surface area is 128 Å². The van der Waals surface area contributed by atoms with E-state index in [9.17, 15) is 18.7 Å². The molecule has 122 valence electrons. The van der Waals surface area contributed by atoms with Gasteiger partial charge in [-0.2, -0.15) is 0 Å². The van der Waals surface area contributed by atoms with E-state index < -0.39 is 23.7 Å². The normalized spacial score (nSPS) is 17.0. The predicted molar refractivity (Wildman–Crippen MR) is 77.2 cm³/mol. The maximum absolute atomic E-state index is 13.7. The van der Waals surface area contributed by atoms with Gasteiger partial charge in [0.15, 0.2) is 0 Å². The highest BCUT2D eigenvalue weighted by Crippen LogP contribution is 2.26. The van der Waals surface area contributed by atoms with Crippen LogP contribution in [0.5, 0.6) is 0 Å². The number of carbonyl (C=O) groups is 1.